The highest BCUT2D eigenvalue weighted by atomic mass is 79.9. The zero-order valence-corrected chi connectivity index (χ0v) is 9.60. The first-order valence-electron chi connectivity index (χ1n) is 4.29. The van der Waals surface area contributed by atoms with Crippen molar-refractivity contribution in [1.82, 2.24) is 4.98 Å². The van der Waals surface area contributed by atoms with Crippen LogP contribution in [0.4, 0.5) is 5.82 Å². The third-order valence-electron chi connectivity index (χ3n) is 2.01. The summed E-state index contributed by atoms with van der Waals surface area (Å²) in [6.45, 7) is 0. The molecule has 14 heavy (non-hydrogen) atoms. The van der Waals surface area contributed by atoms with Gasteiger partial charge >= 0.3 is 0 Å². The molecule has 2 rings (SSSR count). The summed E-state index contributed by atoms with van der Waals surface area (Å²) < 4.78 is 0.726. The van der Waals surface area contributed by atoms with Gasteiger partial charge in [0.2, 0.25) is 5.91 Å². The van der Waals surface area contributed by atoms with Gasteiger partial charge in [-0.2, -0.15) is 0 Å². The Labute approximate surface area is 95.0 Å². The summed E-state index contributed by atoms with van der Waals surface area (Å²) in [5.74, 6) is 0.727. The van der Waals surface area contributed by atoms with Crippen LogP contribution in [0, 0.1) is 5.92 Å². The van der Waals surface area contributed by atoms with E-state index >= 15 is 0 Å². The summed E-state index contributed by atoms with van der Waals surface area (Å²) in [5, 5.41) is 3.26. The van der Waals surface area contributed by atoms with Crippen molar-refractivity contribution in [3.05, 3.63) is 21.8 Å². The molecule has 5 heteroatoms. The highest BCUT2D eigenvalue weighted by Gasteiger charge is 2.29. The standard InChI is InChI=1S/C9H8BrClN2O/c10-6-4-12-8(3-7(6)11)13-9(14)5-1-2-5/h3-5H,1-2H2,(H,12,13,14). The Hall–Kier alpha value is -0.610. The number of nitrogens with zero attached hydrogens (tertiary/aromatic N) is 1. The van der Waals surface area contributed by atoms with Crippen LogP contribution in [0.1, 0.15) is 12.8 Å². The maximum absolute atomic E-state index is 11.4. The van der Waals surface area contributed by atoms with Gasteiger partial charge in [0.05, 0.1) is 9.50 Å². The van der Waals surface area contributed by atoms with E-state index in [9.17, 15) is 4.79 Å². The smallest absolute Gasteiger partial charge is 0.228 e. The second kappa shape index (κ2) is 3.87. The van der Waals surface area contributed by atoms with Crippen molar-refractivity contribution in [2.24, 2.45) is 5.92 Å². The van der Waals surface area contributed by atoms with Crippen LogP contribution in [0.5, 0.6) is 0 Å². The number of hydrogen-bond donors (Lipinski definition) is 1. The second-order valence-corrected chi connectivity index (χ2v) is 4.51. The van der Waals surface area contributed by atoms with E-state index in [2.05, 4.69) is 26.2 Å². The van der Waals surface area contributed by atoms with E-state index in [1.807, 2.05) is 0 Å². The molecule has 0 bridgehead atoms. The molecule has 1 aliphatic rings. The molecular formula is C9H8BrClN2O. The molecule has 0 saturated heterocycles. The predicted octanol–water partition coefficient (Wildman–Crippen LogP) is 2.85. The van der Waals surface area contributed by atoms with Crippen LogP contribution in [0.15, 0.2) is 16.7 Å². The van der Waals surface area contributed by atoms with Gasteiger partial charge in [0.25, 0.3) is 0 Å². The average Bonchev–Trinajstić information content (AvgIpc) is 2.94. The quantitative estimate of drug-likeness (QED) is 0.902. The summed E-state index contributed by atoms with van der Waals surface area (Å²) >= 11 is 9.08. The topological polar surface area (TPSA) is 42.0 Å². The van der Waals surface area contributed by atoms with Crippen LogP contribution in [0.25, 0.3) is 0 Å². The van der Waals surface area contributed by atoms with Gasteiger partial charge in [0, 0.05) is 18.2 Å². The molecule has 1 saturated carbocycles. The zero-order chi connectivity index (χ0) is 10.1. The van der Waals surface area contributed by atoms with Gasteiger partial charge in [0.15, 0.2) is 0 Å². The van der Waals surface area contributed by atoms with Gasteiger partial charge in [-0.05, 0) is 28.8 Å². The lowest BCUT2D eigenvalue weighted by molar-refractivity contribution is -0.117. The third-order valence-corrected chi connectivity index (χ3v) is 3.18. The molecule has 74 valence electrons. The Bertz CT molecular complexity index is 379. The van der Waals surface area contributed by atoms with Crippen molar-refractivity contribution in [2.45, 2.75) is 12.8 Å². The minimum atomic E-state index is 0.0379. The number of amides is 1. The Kier molecular flexibility index (Phi) is 2.74. The van der Waals surface area contributed by atoms with Crippen molar-refractivity contribution in [3.8, 4) is 0 Å². The minimum absolute atomic E-state index is 0.0379. The number of hydrogen-bond acceptors (Lipinski definition) is 2. The first-order valence-corrected chi connectivity index (χ1v) is 5.46. The SMILES string of the molecule is O=C(Nc1cc(Cl)c(Br)cn1)C1CC1. The molecule has 0 unspecified atom stereocenters. The molecule has 1 heterocycles. The van der Waals surface area contributed by atoms with E-state index in [0.717, 1.165) is 17.3 Å². The first-order chi connectivity index (χ1) is 6.66. The highest BCUT2D eigenvalue weighted by molar-refractivity contribution is 9.10. The van der Waals surface area contributed by atoms with Crippen LogP contribution >= 0.6 is 27.5 Å². The van der Waals surface area contributed by atoms with Crippen molar-refractivity contribution in [3.63, 3.8) is 0 Å². The van der Waals surface area contributed by atoms with E-state index < -0.39 is 0 Å². The van der Waals surface area contributed by atoms with Crippen molar-refractivity contribution in [2.75, 3.05) is 5.32 Å². The molecular weight excluding hydrogens is 267 g/mol. The van der Waals surface area contributed by atoms with Gasteiger partial charge in [-0.3, -0.25) is 4.79 Å². The number of nitrogens with one attached hydrogen (secondary N) is 1. The Morgan fingerprint density at radius 3 is 2.93 bits per heavy atom. The summed E-state index contributed by atoms with van der Waals surface area (Å²) in [5.41, 5.74) is 0. The third kappa shape index (κ3) is 2.25. The van der Waals surface area contributed by atoms with Crippen molar-refractivity contribution < 1.29 is 4.79 Å². The molecule has 1 aliphatic carbocycles. The minimum Gasteiger partial charge on any atom is -0.310 e. The lowest BCUT2D eigenvalue weighted by Gasteiger charge is -2.03. The summed E-state index contributed by atoms with van der Waals surface area (Å²) in [6, 6.07) is 1.63. The van der Waals surface area contributed by atoms with Gasteiger partial charge in [-0.1, -0.05) is 11.6 Å². The molecule has 1 amide bonds. The largest absolute Gasteiger partial charge is 0.310 e. The lowest BCUT2D eigenvalue weighted by Crippen LogP contribution is -2.14. The zero-order valence-electron chi connectivity index (χ0n) is 7.26. The summed E-state index contributed by atoms with van der Waals surface area (Å²) in [6.07, 6.45) is 3.54. The summed E-state index contributed by atoms with van der Waals surface area (Å²) in [4.78, 5) is 15.4. The monoisotopic (exact) mass is 274 g/mol. The van der Waals surface area contributed by atoms with E-state index in [-0.39, 0.29) is 11.8 Å². The van der Waals surface area contributed by atoms with Gasteiger partial charge in [-0.15, -0.1) is 0 Å². The van der Waals surface area contributed by atoms with E-state index in [1.165, 1.54) is 0 Å². The predicted molar refractivity (Wildman–Crippen MR) is 58.3 cm³/mol. The van der Waals surface area contributed by atoms with Crippen LogP contribution in [-0.4, -0.2) is 10.9 Å². The maximum Gasteiger partial charge on any atom is 0.228 e. The molecule has 0 aliphatic heterocycles. The van der Waals surface area contributed by atoms with Gasteiger partial charge < -0.3 is 5.32 Å². The molecule has 1 fully saturated rings. The number of carbonyl (C=O) groups excluding carboxylic acids is 1. The van der Waals surface area contributed by atoms with Crippen molar-refractivity contribution in [1.29, 1.82) is 0 Å². The van der Waals surface area contributed by atoms with Gasteiger partial charge in [0.1, 0.15) is 5.82 Å². The Morgan fingerprint density at radius 1 is 1.64 bits per heavy atom. The van der Waals surface area contributed by atoms with Gasteiger partial charge in [-0.25, -0.2) is 4.98 Å². The number of carbonyl (C=O) groups is 1. The average molecular weight is 276 g/mol. The second-order valence-electron chi connectivity index (χ2n) is 3.25. The number of anilines is 1. The van der Waals surface area contributed by atoms with Crippen LogP contribution < -0.4 is 5.32 Å². The Balaban J connectivity index is 2.08. The normalized spacial score (nSPS) is 15.3. The van der Waals surface area contributed by atoms with Crippen LogP contribution in [-0.2, 0) is 4.79 Å². The number of pyridine rings is 1. The fourth-order valence-corrected chi connectivity index (χ4v) is 1.43. The maximum atomic E-state index is 11.4. The molecule has 0 aromatic carbocycles. The van der Waals surface area contributed by atoms with Crippen LogP contribution in [0.2, 0.25) is 5.02 Å². The molecule has 0 radical (unpaired) electrons. The fourth-order valence-electron chi connectivity index (χ4n) is 1.06. The number of halogens is 2. The molecule has 3 nitrogen and oxygen atoms in total. The lowest BCUT2D eigenvalue weighted by atomic mass is 10.4. The molecule has 0 spiro atoms. The van der Waals surface area contributed by atoms with Crippen LogP contribution in [0.3, 0.4) is 0 Å². The number of rotatable bonds is 2. The molecule has 1 N–H and O–H groups in total. The highest BCUT2D eigenvalue weighted by Crippen LogP contribution is 2.30. The molecule has 1 aromatic heterocycles. The van der Waals surface area contributed by atoms with Crippen molar-refractivity contribution >= 4 is 39.3 Å². The first kappa shape index (κ1) is 9.93. The summed E-state index contributed by atoms with van der Waals surface area (Å²) in [7, 11) is 0. The van der Waals surface area contributed by atoms with E-state index in [4.69, 9.17) is 11.6 Å². The number of aromatic nitrogens is 1. The molecule has 0 atom stereocenters. The molecule has 1 aromatic rings. The van der Waals surface area contributed by atoms with E-state index in [1.54, 1.807) is 12.3 Å². The van der Waals surface area contributed by atoms with E-state index in [0.29, 0.717) is 10.8 Å². The fraction of sp³-hybridized carbons (Fsp3) is 0.333. The Morgan fingerprint density at radius 2 is 2.36 bits per heavy atom.